The second-order valence-electron chi connectivity index (χ2n) is 4.88. The molecule has 0 saturated heterocycles. The van der Waals surface area contributed by atoms with Crippen LogP contribution in [0.4, 0.5) is 0 Å². The van der Waals surface area contributed by atoms with Gasteiger partial charge in [-0.15, -0.1) is 11.3 Å². The van der Waals surface area contributed by atoms with E-state index in [-0.39, 0.29) is 12.4 Å². The fraction of sp³-hybridized carbons (Fsp3) is 0.111. The van der Waals surface area contributed by atoms with Gasteiger partial charge in [-0.3, -0.25) is 4.79 Å². The zero-order valence-corrected chi connectivity index (χ0v) is 13.3. The van der Waals surface area contributed by atoms with Crippen molar-refractivity contribution in [2.24, 2.45) is 0 Å². The quantitative estimate of drug-likeness (QED) is 0.526. The maximum Gasteiger partial charge on any atom is 0.342 e. The first-order chi connectivity index (χ1) is 11.2. The van der Waals surface area contributed by atoms with Crippen molar-refractivity contribution in [3.05, 3.63) is 64.4 Å². The molecule has 0 aliphatic heterocycles. The molecule has 0 unspecified atom stereocenters. The topological polar surface area (TPSA) is 52.6 Å². The highest BCUT2D eigenvalue weighted by molar-refractivity contribution is 7.12. The highest BCUT2D eigenvalue weighted by atomic mass is 32.1. The number of hydrogen-bond donors (Lipinski definition) is 0. The van der Waals surface area contributed by atoms with Gasteiger partial charge in [-0.25, -0.2) is 4.79 Å². The Morgan fingerprint density at radius 3 is 2.43 bits per heavy atom. The van der Waals surface area contributed by atoms with Crippen LogP contribution in [-0.4, -0.2) is 25.5 Å². The Labute approximate surface area is 137 Å². The summed E-state index contributed by atoms with van der Waals surface area (Å²) in [5.41, 5.74) is 0.310. The molecule has 0 spiro atoms. The lowest BCUT2D eigenvalue weighted by Gasteiger charge is -2.10. The van der Waals surface area contributed by atoms with Gasteiger partial charge in [0.25, 0.3) is 0 Å². The van der Waals surface area contributed by atoms with Crippen LogP contribution in [0.5, 0.6) is 5.75 Å². The summed E-state index contributed by atoms with van der Waals surface area (Å²) in [4.78, 5) is 24.8. The summed E-state index contributed by atoms with van der Waals surface area (Å²) >= 11 is 1.32. The largest absolute Gasteiger partial charge is 0.496 e. The summed E-state index contributed by atoms with van der Waals surface area (Å²) < 4.78 is 10.4. The number of esters is 1. The van der Waals surface area contributed by atoms with Crippen molar-refractivity contribution in [3.8, 4) is 5.75 Å². The maximum absolute atomic E-state index is 12.3. The van der Waals surface area contributed by atoms with Crippen LogP contribution in [0.1, 0.15) is 20.0 Å². The van der Waals surface area contributed by atoms with E-state index in [0.29, 0.717) is 16.2 Å². The number of rotatable bonds is 5. The molecule has 0 atom stereocenters. The minimum Gasteiger partial charge on any atom is -0.496 e. The first-order valence-corrected chi connectivity index (χ1v) is 7.87. The van der Waals surface area contributed by atoms with Crippen molar-refractivity contribution in [3.63, 3.8) is 0 Å². The van der Waals surface area contributed by atoms with Gasteiger partial charge in [0.15, 0.2) is 6.61 Å². The molecule has 3 aromatic rings. The number of benzene rings is 2. The third-order valence-corrected chi connectivity index (χ3v) is 4.33. The summed E-state index contributed by atoms with van der Waals surface area (Å²) in [7, 11) is 1.50. The van der Waals surface area contributed by atoms with E-state index in [1.807, 2.05) is 24.3 Å². The molecule has 0 fully saturated rings. The zero-order valence-electron chi connectivity index (χ0n) is 12.4. The predicted octanol–water partition coefficient (Wildman–Crippen LogP) is 3.95. The van der Waals surface area contributed by atoms with Gasteiger partial charge in [0.05, 0.1) is 12.0 Å². The predicted molar refractivity (Wildman–Crippen MR) is 89.4 cm³/mol. The van der Waals surface area contributed by atoms with E-state index in [0.717, 1.165) is 10.8 Å². The SMILES string of the molecule is COc1cc2ccccc2cc1C(=O)OCC(=O)c1cccs1. The minimum absolute atomic E-state index is 0.215. The standard InChI is InChI=1S/C18H14O4S/c1-21-16-10-13-6-3-2-5-12(13)9-14(16)18(20)22-11-15(19)17-7-4-8-23-17/h2-10H,11H2,1H3. The van der Waals surface area contributed by atoms with Crippen LogP contribution >= 0.6 is 11.3 Å². The Morgan fingerprint density at radius 2 is 1.78 bits per heavy atom. The van der Waals surface area contributed by atoms with Crippen LogP contribution in [-0.2, 0) is 4.74 Å². The molecule has 0 aliphatic carbocycles. The van der Waals surface area contributed by atoms with Gasteiger partial charge < -0.3 is 9.47 Å². The highest BCUT2D eigenvalue weighted by Crippen LogP contribution is 2.26. The van der Waals surface area contributed by atoms with Crippen molar-refractivity contribution >= 4 is 33.9 Å². The van der Waals surface area contributed by atoms with Gasteiger partial charge in [-0.1, -0.05) is 30.3 Å². The minimum atomic E-state index is -0.572. The molecule has 1 heterocycles. The Balaban J connectivity index is 1.81. The zero-order chi connectivity index (χ0) is 16.2. The molecule has 0 saturated carbocycles. The number of ether oxygens (including phenoxy) is 2. The molecule has 0 amide bonds. The molecular weight excluding hydrogens is 312 g/mol. The van der Waals surface area contributed by atoms with Crippen molar-refractivity contribution < 1.29 is 19.1 Å². The van der Waals surface area contributed by atoms with E-state index >= 15 is 0 Å². The lowest BCUT2D eigenvalue weighted by molar-refractivity contribution is 0.0473. The molecule has 23 heavy (non-hydrogen) atoms. The van der Waals surface area contributed by atoms with Gasteiger partial charge in [0.1, 0.15) is 11.3 Å². The van der Waals surface area contributed by atoms with E-state index in [1.54, 1.807) is 29.6 Å². The third-order valence-electron chi connectivity index (χ3n) is 3.42. The smallest absolute Gasteiger partial charge is 0.342 e. The summed E-state index contributed by atoms with van der Waals surface area (Å²) in [6.45, 7) is -0.282. The van der Waals surface area contributed by atoms with E-state index in [4.69, 9.17) is 9.47 Å². The number of hydrogen-bond acceptors (Lipinski definition) is 5. The molecule has 1 aromatic heterocycles. The van der Waals surface area contributed by atoms with Gasteiger partial charge in [0.2, 0.25) is 5.78 Å². The number of fused-ring (bicyclic) bond motifs is 1. The molecule has 116 valence electrons. The van der Waals surface area contributed by atoms with Crippen LogP contribution in [0, 0.1) is 0 Å². The Kier molecular flexibility index (Phi) is 4.39. The second-order valence-corrected chi connectivity index (χ2v) is 5.82. The summed E-state index contributed by atoms with van der Waals surface area (Å²) in [6, 6.07) is 14.6. The van der Waals surface area contributed by atoms with Gasteiger partial charge in [0, 0.05) is 0 Å². The van der Waals surface area contributed by atoms with Crippen molar-refractivity contribution in [1.29, 1.82) is 0 Å². The Morgan fingerprint density at radius 1 is 1.04 bits per heavy atom. The fourth-order valence-corrected chi connectivity index (χ4v) is 2.92. The van der Waals surface area contributed by atoms with E-state index in [1.165, 1.54) is 18.4 Å². The molecule has 0 radical (unpaired) electrons. The molecule has 5 heteroatoms. The lowest BCUT2D eigenvalue weighted by atomic mass is 10.1. The molecule has 2 aromatic carbocycles. The van der Waals surface area contributed by atoms with Crippen LogP contribution in [0.3, 0.4) is 0 Å². The summed E-state index contributed by atoms with van der Waals surface area (Å²) in [5.74, 6) is -0.358. The van der Waals surface area contributed by atoms with Crippen molar-refractivity contribution in [1.82, 2.24) is 0 Å². The number of methoxy groups -OCH3 is 1. The molecule has 3 rings (SSSR count). The molecular formula is C18H14O4S. The Bertz CT molecular complexity index is 853. The van der Waals surface area contributed by atoms with Gasteiger partial charge in [-0.2, -0.15) is 0 Å². The highest BCUT2D eigenvalue weighted by Gasteiger charge is 2.17. The maximum atomic E-state index is 12.3. The number of ketones is 1. The van der Waals surface area contributed by atoms with Crippen molar-refractivity contribution in [2.45, 2.75) is 0 Å². The normalized spacial score (nSPS) is 10.5. The monoisotopic (exact) mass is 326 g/mol. The van der Waals surface area contributed by atoms with Gasteiger partial charge >= 0.3 is 5.97 Å². The molecule has 0 aliphatic rings. The first-order valence-electron chi connectivity index (χ1n) is 6.99. The lowest BCUT2D eigenvalue weighted by Crippen LogP contribution is -2.14. The summed E-state index contributed by atoms with van der Waals surface area (Å²) in [6.07, 6.45) is 0. The van der Waals surface area contributed by atoms with Gasteiger partial charge in [-0.05, 0) is 34.4 Å². The first kappa shape index (κ1) is 15.2. The Hall–Kier alpha value is -2.66. The number of carbonyl (C=O) groups is 2. The fourth-order valence-electron chi connectivity index (χ4n) is 2.27. The molecule has 0 N–H and O–H groups in total. The van der Waals surface area contributed by atoms with Crippen LogP contribution in [0.2, 0.25) is 0 Å². The average Bonchev–Trinajstić information content (AvgIpc) is 3.12. The number of carbonyl (C=O) groups excluding carboxylic acids is 2. The average molecular weight is 326 g/mol. The third kappa shape index (κ3) is 3.24. The van der Waals surface area contributed by atoms with E-state index in [9.17, 15) is 9.59 Å². The number of Topliss-reactive ketones (excluding diaryl/α,β-unsaturated/α-hetero) is 1. The molecule has 4 nitrogen and oxygen atoms in total. The summed E-state index contributed by atoms with van der Waals surface area (Å²) in [5, 5.41) is 3.68. The van der Waals surface area contributed by atoms with Crippen LogP contribution in [0.15, 0.2) is 53.9 Å². The van der Waals surface area contributed by atoms with Crippen molar-refractivity contribution in [2.75, 3.05) is 13.7 Å². The van der Waals surface area contributed by atoms with E-state index < -0.39 is 5.97 Å². The number of thiophene rings is 1. The second kappa shape index (κ2) is 6.62. The molecule has 0 bridgehead atoms. The van der Waals surface area contributed by atoms with Crippen LogP contribution < -0.4 is 4.74 Å². The van der Waals surface area contributed by atoms with Crippen LogP contribution in [0.25, 0.3) is 10.8 Å². The van der Waals surface area contributed by atoms with E-state index in [2.05, 4.69) is 0 Å².